The lowest BCUT2D eigenvalue weighted by molar-refractivity contribution is -0.846. The van der Waals surface area contributed by atoms with E-state index in [1.54, 1.807) is 6.07 Å². The molecular weight excluding hydrogens is 659 g/mol. The third kappa shape index (κ3) is 10.1. The first-order chi connectivity index (χ1) is 26.1. The molecule has 7 nitrogen and oxygen atoms in total. The van der Waals surface area contributed by atoms with Crippen LogP contribution in [0.15, 0.2) is 84.9 Å². The van der Waals surface area contributed by atoms with Crippen molar-refractivity contribution in [3.8, 4) is 5.75 Å². The summed E-state index contributed by atoms with van der Waals surface area (Å²) in [6.07, 6.45) is 10.3. The Morgan fingerprint density at radius 2 is 1.51 bits per heavy atom. The minimum atomic E-state index is -0.151. The Morgan fingerprint density at radius 1 is 0.792 bits per heavy atom. The molecule has 8 heteroatoms. The standard InChI is InChI=1S/C45H59BN2O5/c49-30-40-28-34(16-17-44(40)50)18-22-47-23-27-52-32-36-14-12-35(13-15-36)31-51-26-21-46-48-24-19-39(20-25-48)45(29-48)53-33-43(38-7-1-2-8-38)42-11-5-9-37-6-3-4-10-41(37)42/h3-6,9-17,28,38-39,43,45-47,49H,1-2,7-8,18-27,29-33H2/p+1/t39?,43?,45-,48?/m1/s1. The van der Waals surface area contributed by atoms with Crippen molar-refractivity contribution >= 4 is 18.2 Å². The highest BCUT2D eigenvalue weighted by Crippen LogP contribution is 2.42. The van der Waals surface area contributed by atoms with E-state index in [4.69, 9.17) is 14.2 Å². The van der Waals surface area contributed by atoms with Crippen LogP contribution in [0.1, 0.15) is 72.3 Å². The molecule has 1 saturated carbocycles. The summed E-state index contributed by atoms with van der Waals surface area (Å²) in [7, 11) is 1.19. The normalized spacial score (nSPS) is 22.1. The number of aromatic hydroxyl groups is 1. The van der Waals surface area contributed by atoms with Crippen molar-refractivity contribution in [3.63, 3.8) is 0 Å². The fourth-order valence-corrected chi connectivity index (χ4v) is 9.40. The van der Waals surface area contributed by atoms with Gasteiger partial charge in [0.1, 0.15) is 11.9 Å². The molecule has 1 aliphatic carbocycles. The number of hydrogen-bond donors (Lipinski definition) is 3. The number of aliphatic hydroxyl groups excluding tert-OH is 1. The Bertz CT molecular complexity index is 1710. The first-order valence-electron chi connectivity index (χ1n) is 20.4. The summed E-state index contributed by atoms with van der Waals surface area (Å²) < 4.78 is 20.3. The predicted molar refractivity (Wildman–Crippen MR) is 214 cm³/mol. The summed E-state index contributed by atoms with van der Waals surface area (Å²) in [5.41, 5.74) is 5.54. The van der Waals surface area contributed by atoms with Crippen molar-refractivity contribution < 1.29 is 28.8 Å². The average molecular weight is 720 g/mol. The monoisotopic (exact) mass is 719 g/mol. The molecule has 0 radical (unpaired) electrons. The van der Waals surface area contributed by atoms with Crippen LogP contribution >= 0.6 is 0 Å². The SMILES string of the molecule is OCc1cc(CCNCCOCc2ccc(COCCB[N+]34CCC(CC3)[C@H](OCC(c3cccc5ccccc35)C3CCCC3)C4)cc2)ccc1O. The highest BCUT2D eigenvalue weighted by Gasteiger charge is 2.46. The van der Waals surface area contributed by atoms with Crippen molar-refractivity contribution in [2.45, 2.75) is 83.1 Å². The summed E-state index contributed by atoms with van der Waals surface area (Å²) in [6.45, 7) is 8.75. The zero-order valence-corrected chi connectivity index (χ0v) is 31.6. The zero-order valence-electron chi connectivity index (χ0n) is 31.6. The molecule has 0 aromatic heterocycles. The van der Waals surface area contributed by atoms with Gasteiger partial charge < -0.3 is 34.1 Å². The second kappa shape index (κ2) is 18.9. The van der Waals surface area contributed by atoms with Crippen LogP contribution in [0.3, 0.4) is 0 Å². The fraction of sp³-hybridized carbons (Fsp3) is 0.511. The Kier molecular flexibility index (Phi) is 13.6. The second-order valence-electron chi connectivity index (χ2n) is 16.0. The maximum Gasteiger partial charge on any atom is 0.392 e. The van der Waals surface area contributed by atoms with Crippen LogP contribution in [0.4, 0.5) is 0 Å². The van der Waals surface area contributed by atoms with Crippen molar-refractivity contribution in [3.05, 3.63) is 113 Å². The van der Waals surface area contributed by atoms with Gasteiger partial charge in [0, 0.05) is 49.7 Å². The van der Waals surface area contributed by atoms with Gasteiger partial charge in [-0.1, -0.05) is 85.6 Å². The van der Waals surface area contributed by atoms with Crippen LogP contribution in [-0.4, -0.2) is 80.7 Å². The Balaban J connectivity index is 0.792. The molecule has 0 spiro atoms. The molecule has 3 heterocycles. The lowest BCUT2D eigenvalue weighted by Crippen LogP contribution is -2.65. The Hall–Kier alpha value is -3.24. The van der Waals surface area contributed by atoms with E-state index in [1.807, 2.05) is 12.1 Å². The zero-order chi connectivity index (χ0) is 36.3. The van der Waals surface area contributed by atoms with E-state index < -0.39 is 0 Å². The van der Waals surface area contributed by atoms with Crippen LogP contribution < -0.4 is 5.32 Å². The number of fused-ring (bicyclic) bond motifs is 4. The van der Waals surface area contributed by atoms with Crippen molar-refractivity contribution in [2.75, 3.05) is 52.5 Å². The number of aliphatic hydroxyl groups is 1. The number of piperidine rings is 3. The minimum Gasteiger partial charge on any atom is -0.508 e. The molecule has 4 fully saturated rings. The van der Waals surface area contributed by atoms with Crippen LogP contribution in [0, 0.1) is 11.8 Å². The van der Waals surface area contributed by atoms with Crippen LogP contribution in [0.25, 0.3) is 10.8 Å². The first-order valence-corrected chi connectivity index (χ1v) is 20.4. The van der Waals surface area contributed by atoms with Crippen molar-refractivity contribution in [1.82, 2.24) is 5.32 Å². The Morgan fingerprint density at radius 3 is 2.28 bits per heavy atom. The number of rotatable bonds is 20. The van der Waals surface area contributed by atoms with Gasteiger partial charge in [-0.15, -0.1) is 0 Å². The van der Waals surface area contributed by atoms with E-state index >= 15 is 0 Å². The molecule has 282 valence electrons. The maximum absolute atomic E-state index is 9.72. The van der Waals surface area contributed by atoms with E-state index in [9.17, 15) is 10.2 Å². The van der Waals surface area contributed by atoms with Gasteiger partial charge in [-0.3, -0.25) is 0 Å². The van der Waals surface area contributed by atoms with Crippen LogP contribution in [-0.2, 0) is 40.5 Å². The number of nitrogens with zero attached hydrogens (tertiary/aromatic N) is 1. The summed E-state index contributed by atoms with van der Waals surface area (Å²) in [4.78, 5) is 0. The third-order valence-corrected chi connectivity index (χ3v) is 12.5. The fourth-order valence-electron chi connectivity index (χ4n) is 9.40. The van der Waals surface area contributed by atoms with Gasteiger partial charge in [0.2, 0.25) is 0 Å². The third-order valence-electron chi connectivity index (χ3n) is 12.5. The molecule has 2 atom stereocenters. The quantitative estimate of drug-likeness (QED) is 0.0659. The minimum absolute atomic E-state index is 0.143. The number of ether oxygens (including phenoxy) is 3. The topological polar surface area (TPSA) is 80.2 Å². The largest absolute Gasteiger partial charge is 0.508 e. The first kappa shape index (κ1) is 38.1. The van der Waals surface area contributed by atoms with Gasteiger partial charge in [0.15, 0.2) is 0 Å². The van der Waals surface area contributed by atoms with Crippen molar-refractivity contribution in [2.24, 2.45) is 11.8 Å². The van der Waals surface area contributed by atoms with Gasteiger partial charge in [-0.05, 0) is 76.9 Å². The van der Waals surface area contributed by atoms with E-state index in [1.165, 1.54) is 97.4 Å². The molecule has 8 rings (SSSR count). The van der Waals surface area contributed by atoms with Crippen molar-refractivity contribution in [1.29, 1.82) is 0 Å². The molecule has 2 bridgehead atoms. The predicted octanol–water partition coefficient (Wildman–Crippen LogP) is 7.27. The number of phenols is 1. The highest BCUT2D eigenvalue weighted by atomic mass is 16.5. The van der Waals surface area contributed by atoms with Gasteiger partial charge >= 0.3 is 7.41 Å². The van der Waals surface area contributed by atoms with E-state index in [0.717, 1.165) is 56.4 Å². The maximum atomic E-state index is 9.72. The molecule has 4 aromatic rings. The molecular formula is C45H60BN2O5+. The smallest absolute Gasteiger partial charge is 0.392 e. The lowest BCUT2D eigenvalue weighted by atomic mass is 9.72. The number of hydrogen-bond acceptors (Lipinski definition) is 6. The van der Waals surface area contributed by atoms with Gasteiger partial charge in [-0.2, -0.15) is 0 Å². The molecule has 4 aromatic carbocycles. The van der Waals surface area contributed by atoms with E-state index in [2.05, 4.69) is 72.0 Å². The molecule has 3 saturated heterocycles. The molecule has 4 aliphatic rings. The summed E-state index contributed by atoms with van der Waals surface area (Å²) in [5.74, 6) is 2.09. The van der Waals surface area contributed by atoms with Crippen LogP contribution in [0.5, 0.6) is 5.75 Å². The average Bonchev–Trinajstić information content (AvgIpc) is 3.74. The van der Waals surface area contributed by atoms with E-state index in [-0.39, 0.29) is 12.4 Å². The molecule has 1 unspecified atom stereocenters. The van der Waals surface area contributed by atoms with Crippen LogP contribution in [0.2, 0.25) is 6.32 Å². The summed E-state index contributed by atoms with van der Waals surface area (Å²) >= 11 is 0. The summed E-state index contributed by atoms with van der Waals surface area (Å²) in [6, 6.07) is 29.8. The molecule has 53 heavy (non-hydrogen) atoms. The molecule has 3 aliphatic heterocycles. The summed E-state index contributed by atoms with van der Waals surface area (Å²) in [5, 5.41) is 25.2. The van der Waals surface area contributed by atoms with Gasteiger partial charge in [-0.25, -0.2) is 0 Å². The van der Waals surface area contributed by atoms with E-state index in [0.29, 0.717) is 37.4 Å². The molecule has 3 N–H and O–H groups in total. The van der Waals surface area contributed by atoms with Gasteiger partial charge in [0.25, 0.3) is 0 Å². The molecule has 0 amide bonds. The number of quaternary nitrogens is 1. The lowest BCUT2D eigenvalue weighted by Gasteiger charge is -2.53. The highest BCUT2D eigenvalue weighted by molar-refractivity contribution is 6.26. The Labute approximate surface area is 317 Å². The number of benzene rings is 4. The number of nitrogens with one attached hydrogen (secondary N) is 1. The van der Waals surface area contributed by atoms with Gasteiger partial charge in [0.05, 0.1) is 52.7 Å². The second-order valence-corrected chi connectivity index (χ2v) is 16.0.